The first-order valence-corrected chi connectivity index (χ1v) is 11.0. The molecular weight excluding hydrogens is 513 g/mol. The van der Waals surface area contributed by atoms with Crippen LogP contribution in [0.3, 0.4) is 0 Å². The van der Waals surface area contributed by atoms with Crippen LogP contribution >= 0.6 is 24.0 Å². The number of nitrogens with zero attached hydrogens (tertiary/aromatic N) is 2. The minimum atomic E-state index is 0. The zero-order chi connectivity index (χ0) is 21.6. The molecule has 0 bridgehead atoms. The van der Waals surface area contributed by atoms with Gasteiger partial charge in [0, 0.05) is 56.2 Å². The maximum Gasteiger partial charge on any atom is 0.222 e. The van der Waals surface area contributed by atoms with E-state index in [4.69, 9.17) is 0 Å². The number of aromatic nitrogens is 1. The molecule has 1 aromatic heterocycles. The number of likely N-dealkylation sites (tertiary alicyclic amines) is 1. The molecular formula is C25H32IN5O. The second-order valence-electron chi connectivity index (χ2n) is 8.12. The van der Waals surface area contributed by atoms with E-state index in [0.29, 0.717) is 19.5 Å². The lowest BCUT2D eigenvalue weighted by atomic mass is 10.1. The average molecular weight is 545 g/mol. The van der Waals surface area contributed by atoms with E-state index in [1.165, 1.54) is 33.3 Å². The number of halogens is 1. The minimum Gasteiger partial charge on any atom is -0.358 e. The van der Waals surface area contributed by atoms with E-state index >= 15 is 0 Å². The SMILES string of the molecule is CN=C(NCCc1c(C)[nH]c2ccccc12)NCc1cccc(CN2CCCC2=O)c1.I. The Morgan fingerprint density at radius 2 is 1.94 bits per heavy atom. The topological polar surface area (TPSA) is 72.5 Å². The summed E-state index contributed by atoms with van der Waals surface area (Å²) in [4.78, 5) is 21.6. The van der Waals surface area contributed by atoms with Crippen LogP contribution in [0.15, 0.2) is 53.5 Å². The van der Waals surface area contributed by atoms with E-state index in [0.717, 1.165) is 31.9 Å². The van der Waals surface area contributed by atoms with Crippen molar-refractivity contribution < 1.29 is 4.79 Å². The molecule has 0 radical (unpaired) electrons. The lowest BCUT2D eigenvalue weighted by Gasteiger charge is -2.16. The lowest BCUT2D eigenvalue weighted by molar-refractivity contribution is -0.128. The Morgan fingerprint density at radius 3 is 2.72 bits per heavy atom. The van der Waals surface area contributed by atoms with Crippen LogP contribution < -0.4 is 10.6 Å². The van der Waals surface area contributed by atoms with Gasteiger partial charge in [0.15, 0.2) is 5.96 Å². The van der Waals surface area contributed by atoms with Gasteiger partial charge in [0.1, 0.15) is 0 Å². The van der Waals surface area contributed by atoms with E-state index in [-0.39, 0.29) is 29.9 Å². The summed E-state index contributed by atoms with van der Waals surface area (Å²) in [6.07, 6.45) is 2.58. The van der Waals surface area contributed by atoms with E-state index in [1.807, 2.05) is 4.90 Å². The van der Waals surface area contributed by atoms with E-state index in [9.17, 15) is 4.79 Å². The predicted octanol–water partition coefficient (Wildman–Crippen LogP) is 4.12. The molecule has 6 nitrogen and oxygen atoms in total. The zero-order valence-corrected chi connectivity index (χ0v) is 21.1. The molecule has 170 valence electrons. The first-order valence-electron chi connectivity index (χ1n) is 11.0. The number of guanidine groups is 1. The number of benzene rings is 2. The van der Waals surface area contributed by atoms with Crippen molar-refractivity contribution in [2.24, 2.45) is 4.99 Å². The summed E-state index contributed by atoms with van der Waals surface area (Å²) in [6.45, 7) is 5.19. The molecule has 0 saturated carbocycles. The van der Waals surface area contributed by atoms with Crippen LogP contribution in [0.5, 0.6) is 0 Å². The smallest absolute Gasteiger partial charge is 0.222 e. The van der Waals surface area contributed by atoms with Crippen molar-refractivity contribution in [2.75, 3.05) is 20.1 Å². The van der Waals surface area contributed by atoms with Crippen LogP contribution in [0.25, 0.3) is 10.9 Å². The molecule has 7 heteroatoms. The minimum absolute atomic E-state index is 0. The maximum atomic E-state index is 11.9. The molecule has 2 aromatic carbocycles. The predicted molar refractivity (Wildman–Crippen MR) is 141 cm³/mol. The Labute approximate surface area is 206 Å². The molecule has 1 saturated heterocycles. The van der Waals surface area contributed by atoms with E-state index in [1.54, 1.807) is 7.05 Å². The van der Waals surface area contributed by atoms with Gasteiger partial charge < -0.3 is 20.5 Å². The second kappa shape index (κ2) is 11.4. The highest BCUT2D eigenvalue weighted by molar-refractivity contribution is 14.0. The third-order valence-corrected chi connectivity index (χ3v) is 5.91. The molecule has 0 spiro atoms. The first-order chi connectivity index (χ1) is 15.1. The van der Waals surface area contributed by atoms with Gasteiger partial charge in [0.2, 0.25) is 5.91 Å². The van der Waals surface area contributed by atoms with Crippen LogP contribution in [0, 0.1) is 6.92 Å². The molecule has 0 unspecified atom stereocenters. The molecule has 1 aliphatic heterocycles. The molecule has 4 rings (SSSR count). The van der Waals surface area contributed by atoms with Crippen LogP contribution in [0.4, 0.5) is 0 Å². The molecule has 1 fully saturated rings. The molecule has 1 aliphatic rings. The third kappa shape index (κ3) is 5.82. The number of aryl methyl sites for hydroxylation is 1. The number of aromatic amines is 1. The van der Waals surface area contributed by atoms with Crippen LogP contribution in [-0.4, -0.2) is 41.9 Å². The quantitative estimate of drug-likeness (QED) is 0.238. The largest absolute Gasteiger partial charge is 0.358 e. The van der Waals surface area contributed by atoms with Gasteiger partial charge >= 0.3 is 0 Å². The Kier molecular flexibility index (Phi) is 8.55. The van der Waals surface area contributed by atoms with Gasteiger partial charge in [-0.1, -0.05) is 42.5 Å². The first kappa shape index (κ1) is 24.1. The number of carbonyl (C=O) groups is 1. The van der Waals surface area contributed by atoms with Crippen molar-refractivity contribution in [3.63, 3.8) is 0 Å². The van der Waals surface area contributed by atoms with Crippen molar-refractivity contribution >= 4 is 46.7 Å². The molecule has 0 atom stereocenters. The summed E-state index contributed by atoms with van der Waals surface area (Å²) in [5.74, 6) is 1.05. The monoisotopic (exact) mass is 545 g/mol. The maximum absolute atomic E-state index is 11.9. The van der Waals surface area contributed by atoms with Gasteiger partial charge in [-0.3, -0.25) is 9.79 Å². The number of H-pyrrole nitrogens is 1. The fourth-order valence-electron chi connectivity index (χ4n) is 4.30. The number of aliphatic imine (C=N–C) groups is 1. The van der Waals surface area contributed by atoms with Gasteiger partial charge in [-0.05, 0) is 42.5 Å². The molecule has 3 aromatic rings. The molecule has 32 heavy (non-hydrogen) atoms. The summed E-state index contributed by atoms with van der Waals surface area (Å²) in [7, 11) is 1.79. The molecule has 3 N–H and O–H groups in total. The summed E-state index contributed by atoms with van der Waals surface area (Å²) in [5.41, 5.74) is 6.11. The van der Waals surface area contributed by atoms with Crippen LogP contribution in [0.1, 0.15) is 35.2 Å². The van der Waals surface area contributed by atoms with Crippen molar-refractivity contribution in [1.82, 2.24) is 20.5 Å². The number of hydrogen-bond donors (Lipinski definition) is 3. The Bertz CT molecular complexity index is 1090. The van der Waals surface area contributed by atoms with Gasteiger partial charge in [-0.2, -0.15) is 0 Å². The van der Waals surface area contributed by atoms with Crippen LogP contribution in [-0.2, 0) is 24.3 Å². The van der Waals surface area contributed by atoms with Crippen molar-refractivity contribution in [1.29, 1.82) is 0 Å². The van der Waals surface area contributed by atoms with Crippen molar-refractivity contribution in [2.45, 2.75) is 39.3 Å². The lowest BCUT2D eigenvalue weighted by Crippen LogP contribution is -2.37. The molecule has 0 aliphatic carbocycles. The standard InChI is InChI=1S/C25H31N5O.HI/c1-18-21(22-9-3-4-10-23(22)29-18)12-13-27-25(26-2)28-16-19-7-5-8-20(15-19)17-30-14-6-11-24(30)31;/h3-5,7-10,15,29H,6,11-14,16-17H2,1-2H3,(H2,26,27,28);1H. The molecule has 2 heterocycles. The highest BCUT2D eigenvalue weighted by Gasteiger charge is 2.19. The third-order valence-electron chi connectivity index (χ3n) is 5.91. The highest BCUT2D eigenvalue weighted by Crippen LogP contribution is 2.22. The van der Waals surface area contributed by atoms with Gasteiger partial charge in [-0.15, -0.1) is 24.0 Å². The average Bonchev–Trinajstić information content (AvgIpc) is 3.33. The van der Waals surface area contributed by atoms with Gasteiger partial charge in [0.25, 0.3) is 0 Å². The van der Waals surface area contributed by atoms with E-state index in [2.05, 4.69) is 76.1 Å². The fraction of sp³-hybridized carbons (Fsp3) is 0.360. The Morgan fingerprint density at radius 1 is 1.12 bits per heavy atom. The summed E-state index contributed by atoms with van der Waals surface area (Å²) in [6, 6.07) is 16.9. The number of fused-ring (bicyclic) bond motifs is 1. The Hall–Kier alpha value is -2.55. The number of hydrogen-bond acceptors (Lipinski definition) is 2. The van der Waals surface area contributed by atoms with Gasteiger partial charge in [-0.25, -0.2) is 0 Å². The van der Waals surface area contributed by atoms with Crippen LogP contribution in [0.2, 0.25) is 0 Å². The summed E-state index contributed by atoms with van der Waals surface area (Å²) < 4.78 is 0. The number of para-hydroxylation sites is 1. The van der Waals surface area contributed by atoms with Crippen molar-refractivity contribution in [3.05, 3.63) is 70.9 Å². The summed E-state index contributed by atoms with van der Waals surface area (Å²) in [5, 5.41) is 8.11. The fourth-order valence-corrected chi connectivity index (χ4v) is 4.30. The number of nitrogens with one attached hydrogen (secondary N) is 3. The number of rotatable bonds is 7. The van der Waals surface area contributed by atoms with Crippen molar-refractivity contribution in [3.8, 4) is 0 Å². The number of amides is 1. The molecule has 1 amide bonds. The second-order valence-corrected chi connectivity index (χ2v) is 8.12. The van der Waals surface area contributed by atoms with Gasteiger partial charge in [0.05, 0.1) is 0 Å². The van der Waals surface area contributed by atoms with E-state index < -0.39 is 0 Å². The normalized spacial score (nSPS) is 14.0. The number of carbonyl (C=O) groups excluding carboxylic acids is 1. The zero-order valence-electron chi connectivity index (χ0n) is 18.8. The Balaban J connectivity index is 0.00000289. The highest BCUT2D eigenvalue weighted by atomic mass is 127. The summed E-state index contributed by atoms with van der Waals surface area (Å²) >= 11 is 0.